The maximum absolute atomic E-state index is 5.74. The third-order valence-electron chi connectivity index (χ3n) is 3.38. The molecular formula is C17H28O3. The van der Waals surface area contributed by atoms with Crippen molar-refractivity contribution < 1.29 is 14.2 Å². The number of hydrogen-bond donors (Lipinski definition) is 0. The molecule has 1 aromatic carbocycles. The molecular weight excluding hydrogens is 252 g/mol. The van der Waals surface area contributed by atoms with Crippen molar-refractivity contribution in [1.29, 1.82) is 0 Å². The number of rotatable bonds is 3. The molecule has 3 heteroatoms. The summed E-state index contributed by atoms with van der Waals surface area (Å²) in [6.45, 7) is 13.0. The van der Waals surface area contributed by atoms with Crippen molar-refractivity contribution in [2.45, 2.75) is 52.4 Å². The van der Waals surface area contributed by atoms with Gasteiger partial charge in [-0.25, -0.2) is 0 Å². The number of methoxy groups -OCH3 is 3. The molecule has 0 atom stereocenters. The lowest BCUT2D eigenvalue weighted by molar-refractivity contribution is 0.327. The van der Waals surface area contributed by atoms with E-state index in [2.05, 4.69) is 41.5 Å². The van der Waals surface area contributed by atoms with Crippen molar-refractivity contribution in [3.05, 3.63) is 17.2 Å². The van der Waals surface area contributed by atoms with Crippen LogP contribution in [0.3, 0.4) is 0 Å². The first-order valence-corrected chi connectivity index (χ1v) is 6.91. The molecule has 0 aliphatic carbocycles. The molecule has 0 aliphatic rings. The number of benzene rings is 1. The average molecular weight is 280 g/mol. The van der Waals surface area contributed by atoms with Crippen LogP contribution in [0.2, 0.25) is 0 Å². The minimum Gasteiger partial charge on any atom is -0.496 e. The van der Waals surface area contributed by atoms with Crippen LogP contribution in [-0.4, -0.2) is 21.3 Å². The van der Waals surface area contributed by atoms with Crippen molar-refractivity contribution in [1.82, 2.24) is 0 Å². The molecule has 0 aromatic heterocycles. The maximum atomic E-state index is 5.74. The van der Waals surface area contributed by atoms with E-state index < -0.39 is 0 Å². The Morgan fingerprint density at radius 1 is 0.700 bits per heavy atom. The van der Waals surface area contributed by atoms with Gasteiger partial charge in [-0.3, -0.25) is 0 Å². The summed E-state index contributed by atoms with van der Waals surface area (Å²) in [5, 5.41) is 0. The lowest BCUT2D eigenvalue weighted by Gasteiger charge is -2.31. The minimum atomic E-state index is -0.106. The highest BCUT2D eigenvalue weighted by Crippen LogP contribution is 2.49. The van der Waals surface area contributed by atoms with Crippen LogP contribution in [0.1, 0.15) is 52.7 Å². The van der Waals surface area contributed by atoms with E-state index in [1.165, 1.54) is 0 Å². The lowest BCUT2D eigenvalue weighted by Crippen LogP contribution is -2.20. The molecule has 0 spiro atoms. The van der Waals surface area contributed by atoms with Gasteiger partial charge in [-0.2, -0.15) is 0 Å². The first kappa shape index (κ1) is 16.7. The van der Waals surface area contributed by atoms with Crippen LogP contribution >= 0.6 is 0 Å². The summed E-state index contributed by atoms with van der Waals surface area (Å²) >= 11 is 0. The zero-order valence-corrected chi connectivity index (χ0v) is 14.3. The predicted molar refractivity (Wildman–Crippen MR) is 83.5 cm³/mol. The van der Waals surface area contributed by atoms with E-state index in [1.54, 1.807) is 21.3 Å². The first-order chi connectivity index (χ1) is 9.07. The molecule has 0 heterocycles. The fraction of sp³-hybridized carbons (Fsp3) is 0.647. The van der Waals surface area contributed by atoms with Crippen LogP contribution in [0.15, 0.2) is 6.07 Å². The van der Waals surface area contributed by atoms with Gasteiger partial charge in [0.25, 0.3) is 0 Å². The SMILES string of the molecule is COc1cc(C(C)(C)C)c(OC)c(C(C)(C)C)c1OC. The van der Waals surface area contributed by atoms with E-state index in [1.807, 2.05) is 6.07 Å². The first-order valence-electron chi connectivity index (χ1n) is 6.91. The summed E-state index contributed by atoms with van der Waals surface area (Å²) in [5.41, 5.74) is 2.03. The van der Waals surface area contributed by atoms with E-state index in [0.717, 1.165) is 28.4 Å². The Hall–Kier alpha value is -1.38. The molecule has 20 heavy (non-hydrogen) atoms. The second kappa shape index (κ2) is 5.55. The molecule has 0 saturated heterocycles. The van der Waals surface area contributed by atoms with Crippen molar-refractivity contribution in [3.8, 4) is 17.2 Å². The molecule has 1 rings (SSSR count). The van der Waals surface area contributed by atoms with Gasteiger partial charge < -0.3 is 14.2 Å². The molecule has 114 valence electrons. The van der Waals surface area contributed by atoms with Crippen molar-refractivity contribution >= 4 is 0 Å². The molecule has 0 fully saturated rings. The molecule has 0 bridgehead atoms. The smallest absolute Gasteiger partial charge is 0.168 e. The molecule has 0 N–H and O–H groups in total. The Kier molecular flexibility index (Phi) is 4.62. The van der Waals surface area contributed by atoms with Gasteiger partial charge in [0.05, 0.1) is 21.3 Å². The summed E-state index contributed by atoms with van der Waals surface area (Å²) in [6.07, 6.45) is 0. The second-order valence-corrected chi connectivity index (χ2v) is 7.07. The topological polar surface area (TPSA) is 27.7 Å². The summed E-state index contributed by atoms with van der Waals surface area (Å²) in [6, 6.07) is 2.02. The highest BCUT2D eigenvalue weighted by Gasteiger charge is 2.32. The van der Waals surface area contributed by atoms with Gasteiger partial charge in [0, 0.05) is 11.1 Å². The highest BCUT2D eigenvalue weighted by molar-refractivity contribution is 5.62. The van der Waals surface area contributed by atoms with Gasteiger partial charge in [-0.1, -0.05) is 41.5 Å². The zero-order chi connectivity index (χ0) is 15.7. The minimum absolute atomic E-state index is 0.0368. The molecule has 0 aliphatic heterocycles. The monoisotopic (exact) mass is 280 g/mol. The van der Waals surface area contributed by atoms with Gasteiger partial charge in [-0.05, 0) is 16.9 Å². The fourth-order valence-corrected chi connectivity index (χ4v) is 2.43. The molecule has 1 aromatic rings. The van der Waals surface area contributed by atoms with Gasteiger partial charge in [0.2, 0.25) is 0 Å². The van der Waals surface area contributed by atoms with Crippen LogP contribution in [-0.2, 0) is 10.8 Å². The summed E-state index contributed by atoms with van der Waals surface area (Å²) in [4.78, 5) is 0. The van der Waals surface area contributed by atoms with Gasteiger partial charge in [-0.15, -0.1) is 0 Å². The van der Waals surface area contributed by atoms with Gasteiger partial charge >= 0.3 is 0 Å². The number of hydrogen-bond acceptors (Lipinski definition) is 3. The Balaban J connectivity index is 3.84. The number of ether oxygens (including phenoxy) is 3. The Labute approximate surface area is 123 Å². The third-order valence-corrected chi connectivity index (χ3v) is 3.38. The maximum Gasteiger partial charge on any atom is 0.168 e. The molecule has 0 saturated carbocycles. The molecule has 0 unspecified atom stereocenters. The van der Waals surface area contributed by atoms with Crippen molar-refractivity contribution in [3.63, 3.8) is 0 Å². The van der Waals surface area contributed by atoms with Crippen molar-refractivity contribution in [2.75, 3.05) is 21.3 Å². The van der Waals surface area contributed by atoms with Crippen LogP contribution in [0, 0.1) is 0 Å². The van der Waals surface area contributed by atoms with Crippen LogP contribution in [0.5, 0.6) is 17.2 Å². The van der Waals surface area contributed by atoms with Gasteiger partial charge in [0.15, 0.2) is 11.5 Å². The normalized spacial score (nSPS) is 12.2. The Morgan fingerprint density at radius 3 is 1.50 bits per heavy atom. The Bertz CT molecular complexity index is 476. The van der Waals surface area contributed by atoms with E-state index in [9.17, 15) is 0 Å². The highest BCUT2D eigenvalue weighted by atomic mass is 16.5. The van der Waals surface area contributed by atoms with E-state index in [0.29, 0.717) is 0 Å². The summed E-state index contributed by atoms with van der Waals surface area (Å²) in [5.74, 6) is 2.40. The average Bonchev–Trinajstić information content (AvgIpc) is 2.33. The van der Waals surface area contributed by atoms with Crippen LogP contribution in [0.25, 0.3) is 0 Å². The molecule has 0 radical (unpaired) electrons. The summed E-state index contributed by atoms with van der Waals surface area (Å²) in [7, 11) is 5.05. The van der Waals surface area contributed by atoms with E-state index >= 15 is 0 Å². The van der Waals surface area contributed by atoms with Crippen LogP contribution in [0.4, 0.5) is 0 Å². The Morgan fingerprint density at radius 2 is 1.20 bits per heavy atom. The fourth-order valence-electron chi connectivity index (χ4n) is 2.43. The second-order valence-electron chi connectivity index (χ2n) is 7.07. The third kappa shape index (κ3) is 3.02. The van der Waals surface area contributed by atoms with Gasteiger partial charge in [0.1, 0.15) is 5.75 Å². The quantitative estimate of drug-likeness (QED) is 0.826. The standard InChI is InChI=1S/C17H28O3/c1-16(2,3)11-10-12(18-7)15(20-9)13(14(11)19-8)17(4,5)6/h10H,1-9H3. The van der Waals surface area contributed by atoms with E-state index in [4.69, 9.17) is 14.2 Å². The predicted octanol–water partition coefficient (Wildman–Crippen LogP) is 4.31. The molecule has 3 nitrogen and oxygen atoms in total. The van der Waals surface area contributed by atoms with Crippen LogP contribution < -0.4 is 14.2 Å². The lowest BCUT2D eigenvalue weighted by atomic mass is 9.78. The molecule has 0 amide bonds. The summed E-state index contributed by atoms with van der Waals surface area (Å²) < 4.78 is 16.9. The largest absolute Gasteiger partial charge is 0.496 e. The zero-order valence-electron chi connectivity index (χ0n) is 14.3. The van der Waals surface area contributed by atoms with Crippen molar-refractivity contribution in [2.24, 2.45) is 0 Å². The van der Waals surface area contributed by atoms with E-state index in [-0.39, 0.29) is 10.8 Å².